The number of hydrogen-bond acceptors (Lipinski definition) is 4. The summed E-state index contributed by atoms with van der Waals surface area (Å²) in [5, 5.41) is 13.2. The van der Waals surface area contributed by atoms with Gasteiger partial charge in [-0.25, -0.2) is 0 Å². The highest BCUT2D eigenvalue weighted by atomic mass is 16.4. The van der Waals surface area contributed by atoms with E-state index < -0.39 is 12.0 Å². The molecule has 0 spiro atoms. The molecule has 2 bridgehead atoms. The molecular weight excluding hydrogens is 354 g/mol. The number of carbonyl (C=O) groups is 2. The lowest BCUT2D eigenvalue weighted by molar-refractivity contribution is -0.142. The van der Waals surface area contributed by atoms with E-state index in [-0.39, 0.29) is 18.5 Å². The number of likely N-dealkylation sites (tertiary alicyclic amines) is 1. The lowest BCUT2D eigenvalue weighted by Gasteiger charge is -2.47. The Hall–Kier alpha value is -1.92. The number of anilines is 1. The maximum absolute atomic E-state index is 13.4. The quantitative estimate of drug-likeness (QED) is 0.815. The summed E-state index contributed by atoms with van der Waals surface area (Å²) in [6, 6.07) is 10.5. The molecule has 4 rings (SSSR count). The number of nitrogens with zero attached hydrogens (tertiary/aromatic N) is 2. The van der Waals surface area contributed by atoms with Crippen molar-refractivity contribution in [1.82, 2.24) is 10.2 Å². The first-order chi connectivity index (χ1) is 13.5. The lowest BCUT2D eigenvalue weighted by atomic mass is 9.77. The molecule has 1 amide bonds. The summed E-state index contributed by atoms with van der Waals surface area (Å²) in [5.74, 6) is -0.166. The summed E-state index contributed by atoms with van der Waals surface area (Å²) >= 11 is 0. The molecule has 3 saturated heterocycles. The van der Waals surface area contributed by atoms with E-state index in [1.807, 2.05) is 40.1 Å². The smallest absolute Gasteiger partial charge is 0.320 e. The average Bonchev–Trinajstić information content (AvgIpc) is 3.14. The minimum atomic E-state index is -0.818. The first-order valence-corrected chi connectivity index (χ1v) is 10.6. The number of carboxylic acids is 1. The number of carboxylic acid groups (broad SMARTS) is 1. The van der Waals surface area contributed by atoms with E-state index >= 15 is 0 Å². The summed E-state index contributed by atoms with van der Waals surface area (Å²) < 4.78 is 0. The summed E-state index contributed by atoms with van der Waals surface area (Å²) in [5.41, 5.74) is 0.927. The first kappa shape index (κ1) is 19.4. The third-order valence-corrected chi connectivity index (χ3v) is 6.85. The molecule has 0 aromatic heterocycles. The Morgan fingerprint density at radius 1 is 1.18 bits per heavy atom. The fraction of sp³-hybridized carbons (Fsp3) is 0.636. The van der Waals surface area contributed by atoms with E-state index in [4.69, 9.17) is 0 Å². The van der Waals surface area contributed by atoms with Gasteiger partial charge >= 0.3 is 5.97 Å². The SMILES string of the molecule is CC1CC[C@H]2C[C@@H](N(C(=O)CN3CCCC3C(=O)O)c3ccccc3)C[C@H]1N2. The van der Waals surface area contributed by atoms with Gasteiger partial charge in [-0.3, -0.25) is 14.5 Å². The van der Waals surface area contributed by atoms with Crippen molar-refractivity contribution < 1.29 is 14.7 Å². The third-order valence-electron chi connectivity index (χ3n) is 6.85. The van der Waals surface area contributed by atoms with Gasteiger partial charge in [0.05, 0.1) is 6.54 Å². The highest BCUT2D eigenvalue weighted by Gasteiger charge is 2.40. The van der Waals surface area contributed by atoms with Gasteiger partial charge in [-0.2, -0.15) is 0 Å². The molecule has 152 valence electrons. The number of rotatable bonds is 5. The number of nitrogens with one attached hydrogen (secondary N) is 1. The minimum Gasteiger partial charge on any atom is -0.480 e. The molecule has 1 aromatic rings. The van der Waals surface area contributed by atoms with Crippen LogP contribution in [0.15, 0.2) is 30.3 Å². The molecule has 2 unspecified atom stereocenters. The zero-order valence-corrected chi connectivity index (χ0v) is 16.6. The Morgan fingerprint density at radius 2 is 1.96 bits per heavy atom. The van der Waals surface area contributed by atoms with Gasteiger partial charge < -0.3 is 15.3 Å². The van der Waals surface area contributed by atoms with E-state index in [9.17, 15) is 14.7 Å². The molecule has 0 radical (unpaired) electrons. The molecule has 28 heavy (non-hydrogen) atoms. The van der Waals surface area contributed by atoms with Crippen molar-refractivity contribution >= 4 is 17.6 Å². The zero-order chi connectivity index (χ0) is 19.7. The Morgan fingerprint density at radius 3 is 2.71 bits per heavy atom. The van der Waals surface area contributed by atoms with Crippen molar-refractivity contribution in [3.8, 4) is 0 Å². The van der Waals surface area contributed by atoms with Crippen molar-refractivity contribution in [2.24, 2.45) is 5.92 Å². The molecule has 6 heteroatoms. The highest BCUT2D eigenvalue weighted by molar-refractivity contribution is 5.95. The molecular formula is C22H31N3O3. The number of aliphatic carboxylic acids is 1. The normalized spacial score (nSPS) is 32.8. The van der Waals surface area contributed by atoms with Crippen molar-refractivity contribution in [2.45, 2.75) is 69.6 Å². The largest absolute Gasteiger partial charge is 0.480 e. The van der Waals surface area contributed by atoms with Crippen molar-refractivity contribution in [2.75, 3.05) is 18.0 Å². The second-order valence-electron chi connectivity index (χ2n) is 8.72. The Labute approximate surface area is 166 Å². The molecule has 0 aliphatic carbocycles. The van der Waals surface area contributed by atoms with Crippen LogP contribution in [0.5, 0.6) is 0 Å². The van der Waals surface area contributed by atoms with E-state index in [0.717, 1.165) is 31.4 Å². The van der Waals surface area contributed by atoms with Crippen LogP contribution in [0.25, 0.3) is 0 Å². The third kappa shape index (κ3) is 3.94. The van der Waals surface area contributed by atoms with Crippen LogP contribution in [0.1, 0.15) is 45.4 Å². The first-order valence-electron chi connectivity index (χ1n) is 10.6. The topological polar surface area (TPSA) is 72.9 Å². The van der Waals surface area contributed by atoms with Gasteiger partial charge in [0.15, 0.2) is 0 Å². The highest BCUT2D eigenvalue weighted by Crippen LogP contribution is 2.34. The molecule has 5 atom stereocenters. The zero-order valence-electron chi connectivity index (χ0n) is 16.6. The number of para-hydroxylation sites is 1. The maximum atomic E-state index is 13.4. The van der Waals surface area contributed by atoms with Crippen LogP contribution in [0.4, 0.5) is 5.69 Å². The second kappa shape index (κ2) is 8.21. The van der Waals surface area contributed by atoms with Gasteiger partial charge in [-0.05, 0) is 63.1 Å². The molecule has 3 fully saturated rings. The van der Waals surface area contributed by atoms with Crippen LogP contribution in [-0.2, 0) is 9.59 Å². The predicted octanol–water partition coefficient (Wildman–Crippen LogP) is 2.49. The van der Waals surface area contributed by atoms with Crippen LogP contribution in [0, 0.1) is 5.92 Å². The summed E-state index contributed by atoms with van der Waals surface area (Å²) in [7, 11) is 0. The van der Waals surface area contributed by atoms with Crippen molar-refractivity contribution in [3.05, 3.63) is 30.3 Å². The number of piperidine rings is 2. The second-order valence-corrected chi connectivity index (χ2v) is 8.72. The Bertz CT molecular complexity index is 710. The summed E-state index contributed by atoms with van der Waals surface area (Å²) in [6.07, 6.45) is 5.81. The van der Waals surface area contributed by atoms with Crippen LogP contribution in [0.3, 0.4) is 0 Å². The van der Waals surface area contributed by atoms with Crippen LogP contribution in [0.2, 0.25) is 0 Å². The summed E-state index contributed by atoms with van der Waals surface area (Å²) in [6.45, 7) is 3.16. The van der Waals surface area contributed by atoms with Gasteiger partial charge in [0.2, 0.25) is 5.91 Å². The molecule has 1 aromatic carbocycles. The Balaban J connectivity index is 1.56. The van der Waals surface area contributed by atoms with Gasteiger partial charge in [0.25, 0.3) is 0 Å². The van der Waals surface area contributed by atoms with E-state index in [2.05, 4.69) is 12.2 Å². The van der Waals surface area contributed by atoms with Crippen LogP contribution >= 0.6 is 0 Å². The fourth-order valence-electron chi connectivity index (χ4n) is 5.32. The predicted molar refractivity (Wildman–Crippen MR) is 108 cm³/mol. The fourth-order valence-corrected chi connectivity index (χ4v) is 5.32. The molecule has 3 heterocycles. The minimum absolute atomic E-state index is 0.0250. The van der Waals surface area contributed by atoms with E-state index in [1.165, 1.54) is 6.42 Å². The van der Waals surface area contributed by atoms with E-state index in [0.29, 0.717) is 31.0 Å². The standard InChI is InChI=1S/C22H31N3O3/c1-15-9-10-16-12-18(13-19(15)23-16)25(17-6-3-2-4-7-17)21(26)14-24-11-5-8-20(24)22(27)28/h2-4,6-7,15-16,18-20,23H,5,8-14H2,1H3,(H,27,28)/t15?,16-,18+,19+,20?/m0/s1. The molecule has 6 nitrogen and oxygen atoms in total. The number of fused-ring (bicyclic) bond motifs is 2. The number of carbonyl (C=O) groups excluding carboxylic acids is 1. The monoisotopic (exact) mass is 385 g/mol. The number of hydrogen-bond donors (Lipinski definition) is 2. The molecule has 3 aliphatic heterocycles. The Kier molecular flexibility index (Phi) is 5.69. The van der Waals surface area contributed by atoms with Gasteiger partial charge in [0.1, 0.15) is 6.04 Å². The van der Waals surface area contributed by atoms with Crippen LogP contribution in [-0.4, -0.2) is 59.1 Å². The van der Waals surface area contributed by atoms with Crippen LogP contribution < -0.4 is 10.2 Å². The summed E-state index contributed by atoms with van der Waals surface area (Å²) in [4.78, 5) is 28.8. The van der Waals surface area contributed by atoms with Gasteiger partial charge in [0, 0.05) is 23.8 Å². The molecule has 3 aliphatic rings. The number of amides is 1. The maximum Gasteiger partial charge on any atom is 0.320 e. The van der Waals surface area contributed by atoms with Gasteiger partial charge in [-0.1, -0.05) is 25.1 Å². The van der Waals surface area contributed by atoms with Crippen molar-refractivity contribution in [3.63, 3.8) is 0 Å². The molecule has 0 saturated carbocycles. The number of benzene rings is 1. The van der Waals surface area contributed by atoms with Crippen molar-refractivity contribution in [1.29, 1.82) is 0 Å². The van der Waals surface area contributed by atoms with E-state index in [1.54, 1.807) is 0 Å². The van der Waals surface area contributed by atoms with Gasteiger partial charge in [-0.15, -0.1) is 0 Å². The molecule has 2 N–H and O–H groups in total. The lowest BCUT2D eigenvalue weighted by Crippen LogP contribution is -2.59. The average molecular weight is 386 g/mol.